The van der Waals surface area contributed by atoms with E-state index in [9.17, 15) is 9.59 Å². The van der Waals surface area contributed by atoms with Crippen LogP contribution < -0.4 is 0 Å². The van der Waals surface area contributed by atoms with Gasteiger partial charge in [0.1, 0.15) is 0 Å². The van der Waals surface area contributed by atoms with E-state index in [1.165, 1.54) is 7.11 Å². The van der Waals surface area contributed by atoms with E-state index in [4.69, 9.17) is 0 Å². The predicted molar refractivity (Wildman–Crippen MR) is 36.5 cm³/mol. The van der Waals surface area contributed by atoms with Gasteiger partial charge in [-0.25, -0.2) is 4.79 Å². The van der Waals surface area contributed by atoms with Crippen molar-refractivity contribution in [2.75, 3.05) is 7.11 Å². The normalized spacial score (nSPS) is 9.80. The van der Waals surface area contributed by atoms with E-state index >= 15 is 0 Å². The molecule has 3 heteroatoms. The molecule has 0 aliphatic rings. The number of hydrogen-bond acceptors (Lipinski definition) is 3. The maximum atomic E-state index is 10.6. The molecule has 0 saturated heterocycles. The molecule has 0 fully saturated rings. The average Bonchev–Trinajstić information content (AvgIpc) is 1.98. The summed E-state index contributed by atoms with van der Waals surface area (Å²) in [7, 11) is 1.19. The third kappa shape index (κ3) is 3.02. The molecule has 56 valence electrons. The highest BCUT2D eigenvalue weighted by molar-refractivity contribution is 6.33. The van der Waals surface area contributed by atoms with E-state index in [0.29, 0.717) is 0 Å². The molecule has 3 nitrogen and oxygen atoms in total. The van der Waals surface area contributed by atoms with Crippen LogP contribution in [0.15, 0.2) is 12.2 Å². The van der Waals surface area contributed by atoms with Crippen LogP contribution in [0.25, 0.3) is 0 Å². The second kappa shape index (κ2) is 4.73. The second-order valence-electron chi connectivity index (χ2n) is 1.69. The van der Waals surface area contributed by atoms with Crippen LogP contribution in [0.5, 0.6) is 0 Å². The van der Waals surface area contributed by atoms with E-state index in [0.717, 1.165) is 0 Å². The van der Waals surface area contributed by atoms with Gasteiger partial charge < -0.3 is 4.74 Å². The summed E-state index contributed by atoms with van der Waals surface area (Å²) in [5.41, 5.74) is 0. The molecule has 0 spiro atoms. The summed E-state index contributed by atoms with van der Waals surface area (Å²) in [6, 6.07) is 0. The van der Waals surface area contributed by atoms with Crippen molar-refractivity contribution in [3.63, 3.8) is 0 Å². The summed E-state index contributed by atoms with van der Waals surface area (Å²) in [6.45, 7) is 1.78. The number of esters is 1. The minimum Gasteiger partial charge on any atom is -0.463 e. The molecule has 10 heavy (non-hydrogen) atoms. The first kappa shape index (κ1) is 8.88. The van der Waals surface area contributed by atoms with Crippen molar-refractivity contribution in [2.45, 2.75) is 13.3 Å². The van der Waals surface area contributed by atoms with E-state index in [2.05, 4.69) is 4.74 Å². The SMILES string of the molecule is C/C=C/CC(=O)C(=O)OC. The van der Waals surface area contributed by atoms with Gasteiger partial charge in [-0.15, -0.1) is 0 Å². The number of ketones is 1. The van der Waals surface area contributed by atoms with Gasteiger partial charge in [0.15, 0.2) is 0 Å². The third-order valence-corrected chi connectivity index (χ3v) is 0.952. The summed E-state index contributed by atoms with van der Waals surface area (Å²) in [4.78, 5) is 21.0. The molecule has 0 radical (unpaired) electrons. The lowest BCUT2D eigenvalue weighted by molar-refractivity contribution is -0.151. The third-order valence-electron chi connectivity index (χ3n) is 0.952. The zero-order valence-corrected chi connectivity index (χ0v) is 6.09. The van der Waals surface area contributed by atoms with Gasteiger partial charge in [-0.05, 0) is 6.92 Å². The molecule has 0 saturated carbocycles. The van der Waals surface area contributed by atoms with Gasteiger partial charge in [0.05, 0.1) is 7.11 Å². The first-order chi connectivity index (χ1) is 4.72. The molecular formula is C7H10O3. The summed E-state index contributed by atoms with van der Waals surface area (Å²) in [6.07, 6.45) is 3.45. The zero-order valence-electron chi connectivity index (χ0n) is 6.09. The lowest BCUT2D eigenvalue weighted by atomic mass is 10.3. The van der Waals surface area contributed by atoms with Gasteiger partial charge in [-0.3, -0.25) is 4.79 Å². The number of carbonyl (C=O) groups excluding carboxylic acids is 2. The molecule has 0 heterocycles. The average molecular weight is 142 g/mol. The Kier molecular flexibility index (Phi) is 4.20. The highest BCUT2D eigenvalue weighted by Gasteiger charge is 2.10. The molecule has 0 aromatic rings. The monoisotopic (exact) mass is 142 g/mol. The number of allylic oxidation sites excluding steroid dienone is 2. The second-order valence-corrected chi connectivity index (χ2v) is 1.69. The number of ether oxygens (including phenoxy) is 1. The first-order valence-corrected chi connectivity index (χ1v) is 2.94. The van der Waals surface area contributed by atoms with Crippen LogP contribution in [0.2, 0.25) is 0 Å². The van der Waals surface area contributed by atoms with Crippen LogP contribution in [-0.4, -0.2) is 18.9 Å². The Morgan fingerprint density at radius 3 is 2.50 bits per heavy atom. The van der Waals surface area contributed by atoms with Crippen molar-refractivity contribution >= 4 is 11.8 Å². The number of rotatable bonds is 3. The smallest absolute Gasteiger partial charge is 0.374 e. The fourth-order valence-corrected chi connectivity index (χ4v) is 0.422. The standard InChI is InChI=1S/C7H10O3/c1-3-4-5-6(8)7(9)10-2/h3-4H,5H2,1-2H3/b4-3+. The topological polar surface area (TPSA) is 43.4 Å². The van der Waals surface area contributed by atoms with Crippen LogP contribution in [0.4, 0.5) is 0 Å². The summed E-state index contributed by atoms with van der Waals surface area (Å²) in [5.74, 6) is -1.29. The molecule has 0 N–H and O–H groups in total. The molecule has 0 aliphatic carbocycles. The summed E-state index contributed by atoms with van der Waals surface area (Å²) < 4.78 is 4.19. The Morgan fingerprint density at radius 2 is 2.10 bits per heavy atom. The zero-order chi connectivity index (χ0) is 7.98. The van der Waals surface area contributed by atoms with Crippen LogP contribution in [-0.2, 0) is 14.3 Å². The Labute approximate surface area is 59.7 Å². The summed E-state index contributed by atoms with van der Waals surface area (Å²) in [5, 5.41) is 0. The van der Waals surface area contributed by atoms with Crippen molar-refractivity contribution < 1.29 is 14.3 Å². The van der Waals surface area contributed by atoms with Gasteiger partial charge in [-0.2, -0.15) is 0 Å². The number of Topliss-reactive ketones (excluding diaryl/α,β-unsaturated/α-hetero) is 1. The van der Waals surface area contributed by atoms with Crippen molar-refractivity contribution in [1.82, 2.24) is 0 Å². The van der Waals surface area contributed by atoms with Gasteiger partial charge >= 0.3 is 5.97 Å². The molecule has 0 aromatic heterocycles. The molecule has 0 aromatic carbocycles. The number of methoxy groups -OCH3 is 1. The molecule has 0 atom stereocenters. The predicted octanol–water partition coefficient (Wildman–Crippen LogP) is 0.695. The maximum Gasteiger partial charge on any atom is 0.374 e. The molecule has 0 unspecified atom stereocenters. The first-order valence-electron chi connectivity index (χ1n) is 2.94. The van der Waals surface area contributed by atoms with Crippen LogP contribution in [0, 0.1) is 0 Å². The Hall–Kier alpha value is -1.12. The largest absolute Gasteiger partial charge is 0.463 e. The molecule has 0 rings (SSSR count). The number of carbonyl (C=O) groups is 2. The van der Waals surface area contributed by atoms with Crippen molar-refractivity contribution in [1.29, 1.82) is 0 Å². The van der Waals surface area contributed by atoms with Crippen molar-refractivity contribution in [2.24, 2.45) is 0 Å². The highest BCUT2D eigenvalue weighted by atomic mass is 16.5. The lowest BCUT2D eigenvalue weighted by Gasteiger charge is -1.92. The van der Waals surface area contributed by atoms with E-state index < -0.39 is 11.8 Å². The highest BCUT2D eigenvalue weighted by Crippen LogP contribution is 1.87. The van der Waals surface area contributed by atoms with E-state index in [1.807, 2.05) is 0 Å². The fraction of sp³-hybridized carbons (Fsp3) is 0.429. The minimum absolute atomic E-state index is 0.128. The van der Waals surface area contributed by atoms with Crippen LogP contribution >= 0.6 is 0 Å². The van der Waals surface area contributed by atoms with E-state index in [-0.39, 0.29) is 6.42 Å². The quantitative estimate of drug-likeness (QED) is 0.331. The van der Waals surface area contributed by atoms with Gasteiger partial charge in [-0.1, -0.05) is 12.2 Å². The Balaban J connectivity index is 3.74. The summed E-state index contributed by atoms with van der Waals surface area (Å²) >= 11 is 0. The fourth-order valence-electron chi connectivity index (χ4n) is 0.422. The van der Waals surface area contributed by atoms with E-state index in [1.54, 1.807) is 19.1 Å². The lowest BCUT2D eigenvalue weighted by Crippen LogP contribution is -2.13. The molecule has 0 amide bonds. The van der Waals surface area contributed by atoms with Crippen LogP contribution in [0.3, 0.4) is 0 Å². The Morgan fingerprint density at radius 1 is 1.50 bits per heavy atom. The Bertz CT molecular complexity index is 158. The maximum absolute atomic E-state index is 10.6. The van der Waals surface area contributed by atoms with Gasteiger partial charge in [0.2, 0.25) is 5.78 Å². The van der Waals surface area contributed by atoms with Gasteiger partial charge in [0.25, 0.3) is 0 Å². The van der Waals surface area contributed by atoms with Gasteiger partial charge in [0, 0.05) is 6.42 Å². The van der Waals surface area contributed by atoms with Crippen molar-refractivity contribution in [3.8, 4) is 0 Å². The number of hydrogen-bond donors (Lipinski definition) is 0. The van der Waals surface area contributed by atoms with Crippen molar-refractivity contribution in [3.05, 3.63) is 12.2 Å². The minimum atomic E-state index is -0.780. The van der Waals surface area contributed by atoms with Crippen LogP contribution in [0.1, 0.15) is 13.3 Å². The molecule has 0 aliphatic heterocycles. The molecular weight excluding hydrogens is 132 g/mol. The molecule has 0 bridgehead atoms.